The van der Waals surface area contributed by atoms with Gasteiger partial charge in [0.25, 0.3) is 0 Å². The molecule has 3 heteroatoms. The van der Waals surface area contributed by atoms with Crippen LogP contribution in [0.25, 0.3) is 0 Å². The third-order valence-corrected chi connectivity index (χ3v) is 0.596. The monoisotopic (exact) mass is 125 g/mol. The lowest BCUT2D eigenvalue weighted by atomic mass is 10.4. The SMILES string of the molecule is CC(C)=CNC=NC=N. The molecule has 0 unspecified atom stereocenters. The maximum Gasteiger partial charge on any atom is 0.108 e. The average Bonchev–Trinajstić information content (AvgIpc) is 1.80. The fraction of sp³-hybridized carbons (Fsp3) is 0.333. The van der Waals surface area contributed by atoms with Gasteiger partial charge in [-0.15, -0.1) is 0 Å². The predicted octanol–water partition coefficient (Wildman–Crippen LogP) is 1.14. The summed E-state index contributed by atoms with van der Waals surface area (Å²) in [5, 5.41) is 9.29. The maximum absolute atomic E-state index is 6.50. The van der Waals surface area contributed by atoms with Crippen molar-refractivity contribution in [2.75, 3.05) is 0 Å². The Balaban J connectivity index is 3.40. The van der Waals surface area contributed by atoms with Crippen LogP contribution in [0.3, 0.4) is 0 Å². The number of nitrogens with one attached hydrogen (secondary N) is 2. The van der Waals surface area contributed by atoms with E-state index in [4.69, 9.17) is 5.41 Å². The third kappa shape index (κ3) is 6.88. The van der Waals surface area contributed by atoms with Gasteiger partial charge in [-0.2, -0.15) is 0 Å². The van der Waals surface area contributed by atoms with E-state index in [-0.39, 0.29) is 0 Å². The zero-order valence-electron chi connectivity index (χ0n) is 5.68. The average molecular weight is 125 g/mol. The van der Waals surface area contributed by atoms with Gasteiger partial charge < -0.3 is 5.32 Å². The minimum atomic E-state index is 0.978. The van der Waals surface area contributed by atoms with Gasteiger partial charge in [-0.1, -0.05) is 5.57 Å². The third-order valence-electron chi connectivity index (χ3n) is 0.596. The zero-order valence-corrected chi connectivity index (χ0v) is 5.68. The Morgan fingerprint density at radius 2 is 2.22 bits per heavy atom. The van der Waals surface area contributed by atoms with E-state index in [0.29, 0.717) is 0 Å². The van der Waals surface area contributed by atoms with Crippen LogP contribution < -0.4 is 5.32 Å². The van der Waals surface area contributed by atoms with Crippen molar-refractivity contribution in [2.45, 2.75) is 13.8 Å². The van der Waals surface area contributed by atoms with Gasteiger partial charge in [-0.3, -0.25) is 5.41 Å². The molecule has 0 atom stereocenters. The second kappa shape index (κ2) is 5.03. The highest BCUT2D eigenvalue weighted by Gasteiger charge is 1.69. The predicted molar refractivity (Wildman–Crippen MR) is 39.8 cm³/mol. The molecule has 0 aliphatic rings. The van der Waals surface area contributed by atoms with Crippen molar-refractivity contribution < 1.29 is 0 Å². The molecular weight excluding hydrogens is 114 g/mol. The van der Waals surface area contributed by atoms with Gasteiger partial charge in [0.2, 0.25) is 0 Å². The molecule has 0 aromatic heterocycles. The Kier molecular flexibility index (Phi) is 4.40. The van der Waals surface area contributed by atoms with Gasteiger partial charge in [-0.05, 0) is 13.8 Å². The van der Waals surface area contributed by atoms with Gasteiger partial charge >= 0.3 is 0 Å². The van der Waals surface area contributed by atoms with Crippen LogP contribution in [0.15, 0.2) is 16.8 Å². The molecule has 0 fully saturated rings. The second-order valence-corrected chi connectivity index (χ2v) is 1.80. The van der Waals surface area contributed by atoms with Crippen LogP contribution in [0.2, 0.25) is 0 Å². The molecule has 2 N–H and O–H groups in total. The zero-order chi connectivity index (χ0) is 7.11. The lowest BCUT2D eigenvalue weighted by Crippen LogP contribution is -2.00. The normalized spacial score (nSPS) is 9.11. The molecule has 0 rings (SSSR count). The topological polar surface area (TPSA) is 48.2 Å². The minimum Gasteiger partial charge on any atom is -0.353 e. The Labute approximate surface area is 55.0 Å². The summed E-state index contributed by atoms with van der Waals surface area (Å²) in [6.07, 6.45) is 4.25. The first kappa shape index (κ1) is 7.88. The number of nitrogens with zero attached hydrogens (tertiary/aromatic N) is 1. The molecule has 50 valence electrons. The molecule has 0 saturated heterocycles. The van der Waals surface area contributed by atoms with E-state index in [1.807, 2.05) is 20.0 Å². The van der Waals surface area contributed by atoms with Crippen molar-refractivity contribution >= 4 is 12.7 Å². The number of aliphatic imine (C=N–C) groups is 1. The summed E-state index contributed by atoms with van der Waals surface area (Å²) in [6, 6.07) is 0. The molecule has 0 radical (unpaired) electrons. The summed E-state index contributed by atoms with van der Waals surface area (Å²) in [5.41, 5.74) is 1.17. The molecule has 0 spiro atoms. The Morgan fingerprint density at radius 3 is 2.67 bits per heavy atom. The first-order valence-corrected chi connectivity index (χ1v) is 2.67. The van der Waals surface area contributed by atoms with Crippen LogP contribution >= 0.6 is 0 Å². The molecule has 0 saturated carbocycles. The van der Waals surface area contributed by atoms with Crippen LogP contribution in [0, 0.1) is 5.41 Å². The largest absolute Gasteiger partial charge is 0.353 e. The van der Waals surface area contributed by atoms with Gasteiger partial charge in [0.15, 0.2) is 0 Å². The van der Waals surface area contributed by atoms with Crippen molar-refractivity contribution in [3.63, 3.8) is 0 Å². The second-order valence-electron chi connectivity index (χ2n) is 1.80. The summed E-state index contributed by atoms with van der Waals surface area (Å²) in [5.74, 6) is 0. The molecule has 0 aliphatic carbocycles. The van der Waals surface area contributed by atoms with E-state index >= 15 is 0 Å². The van der Waals surface area contributed by atoms with Crippen molar-refractivity contribution in [3.8, 4) is 0 Å². The van der Waals surface area contributed by atoms with Crippen molar-refractivity contribution in [1.29, 1.82) is 5.41 Å². The van der Waals surface area contributed by atoms with Gasteiger partial charge in [0, 0.05) is 6.20 Å². The Hall–Kier alpha value is -1.12. The molecule has 0 aromatic carbocycles. The highest BCUT2D eigenvalue weighted by atomic mass is 14.9. The highest BCUT2D eigenvalue weighted by molar-refractivity contribution is 5.69. The number of hydrogen-bond donors (Lipinski definition) is 2. The smallest absolute Gasteiger partial charge is 0.108 e. The minimum absolute atomic E-state index is 0.978. The molecule has 0 amide bonds. The summed E-state index contributed by atoms with van der Waals surface area (Å²) < 4.78 is 0. The Morgan fingerprint density at radius 1 is 1.56 bits per heavy atom. The van der Waals surface area contributed by atoms with Crippen molar-refractivity contribution in [2.24, 2.45) is 4.99 Å². The quantitative estimate of drug-likeness (QED) is 0.431. The van der Waals surface area contributed by atoms with E-state index < -0.39 is 0 Å². The van der Waals surface area contributed by atoms with E-state index in [9.17, 15) is 0 Å². The van der Waals surface area contributed by atoms with Gasteiger partial charge in [0.1, 0.15) is 6.34 Å². The number of allylic oxidation sites excluding steroid dienone is 1. The Bertz CT molecular complexity index is 131. The molecule has 0 heterocycles. The lowest BCUT2D eigenvalue weighted by Gasteiger charge is -1.87. The molecule has 3 nitrogen and oxygen atoms in total. The number of rotatable bonds is 3. The van der Waals surface area contributed by atoms with Crippen molar-refractivity contribution in [1.82, 2.24) is 5.32 Å². The molecule has 0 aliphatic heterocycles. The van der Waals surface area contributed by atoms with Gasteiger partial charge in [-0.25, -0.2) is 4.99 Å². The first-order valence-electron chi connectivity index (χ1n) is 2.67. The first-order chi connectivity index (χ1) is 4.27. The molecule has 0 aromatic rings. The lowest BCUT2D eigenvalue weighted by molar-refractivity contribution is 1.23. The summed E-state index contributed by atoms with van der Waals surface area (Å²) in [7, 11) is 0. The van der Waals surface area contributed by atoms with Crippen LogP contribution in [0.1, 0.15) is 13.8 Å². The van der Waals surface area contributed by atoms with Crippen molar-refractivity contribution in [3.05, 3.63) is 11.8 Å². The molecule has 9 heavy (non-hydrogen) atoms. The fourth-order valence-electron chi connectivity index (χ4n) is 0.284. The van der Waals surface area contributed by atoms with E-state index in [1.54, 1.807) is 0 Å². The van der Waals surface area contributed by atoms with E-state index in [0.717, 1.165) is 6.34 Å². The van der Waals surface area contributed by atoms with E-state index in [2.05, 4.69) is 10.3 Å². The van der Waals surface area contributed by atoms with E-state index in [1.165, 1.54) is 11.9 Å². The van der Waals surface area contributed by atoms with Crippen LogP contribution in [-0.4, -0.2) is 12.7 Å². The fourth-order valence-corrected chi connectivity index (χ4v) is 0.284. The number of hydrogen-bond acceptors (Lipinski definition) is 1. The molecular formula is C6H11N3. The molecule has 0 bridgehead atoms. The summed E-state index contributed by atoms with van der Waals surface area (Å²) in [6.45, 7) is 3.95. The highest BCUT2D eigenvalue weighted by Crippen LogP contribution is 1.81. The summed E-state index contributed by atoms with van der Waals surface area (Å²) >= 11 is 0. The van der Waals surface area contributed by atoms with Crippen LogP contribution in [0.4, 0.5) is 0 Å². The van der Waals surface area contributed by atoms with Gasteiger partial charge in [0.05, 0.1) is 6.34 Å². The van der Waals surface area contributed by atoms with Crippen LogP contribution in [0.5, 0.6) is 0 Å². The standard InChI is InChI=1S/C6H11N3/c1-6(2)3-8-5-9-4-7/h3-5H,1-2H3,(H2,7,8,9). The maximum atomic E-state index is 6.50. The van der Waals surface area contributed by atoms with Crippen LogP contribution in [-0.2, 0) is 0 Å². The summed E-state index contributed by atoms with van der Waals surface area (Å²) in [4.78, 5) is 3.50.